The summed E-state index contributed by atoms with van der Waals surface area (Å²) in [6.07, 6.45) is 0. The second kappa shape index (κ2) is 7.58. The number of amides is 1. The first-order chi connectivity index (χ1) is 11.0. The summed E-state index contributed by atoms with van der Waals surface area (Å²) < 4.78 is 4.65. The molecule has 1 N–H and O–H groups in total. The fourth-order valence-corrected chi connectivity index (χ4v) is 2.40. The number of hydrogen-bond acceptors (Lipinski definition) is 3. The summed E-state index contributed by atoms with van der Waals surface area (Å²) in [6, 6.07) is 16.3. The van der Waals surface area contributed by atoms with Crippen molar-refractivity contribution < 1.29 is 14.3 Å². The Morgan fingerprint density at radius 3 is 2.00 bits per heavy atom. The molecular weight excluding hydrogens is 290 g/mol. The van der Waals surface area contributed by atoms with Crippen molar-refractivity contribution in [3.63, 3.8) is 0 Å². The van der Waals surface area contributed by atoms with Crippen LogP contribution in [0.2, 0.25) is 0 Å². The van der Waals surface area contributed by atoms with E-state index in [4.69, 9.17) is 0 Å². The van der Waals surface area contributed by atoms with Crippen LogP contribution in [0.1, 0.15) is 46.2 Å². The number of hydrogen-bond donors (Lipinski definition) is 1. The van der Waals surface area contributed by atoms with Gasteiger partial charge < -0.3 is 10.1 Å². The van der Waals surface area contributed by atoms with Crippen LogP contribution in [0, 0.1) is 5.92 Å². The summed E-state index contributed by atoms with van der Waals surface area (Å²) in [6.45, 7) is 4.14. The molecule has 0 spiro atoms. The summed E-state index contributed by atoms with van der Waals surface area (Å²) in [5, 5.41) is 3.06. The number of nitrogens with one attached hydrogen (secondary N) is 1. The minimum absolute atomic E-state index is 0.0658. The Hall–Kier alpha value is -2.62. The highest BCUT2D eigenvalue weighted by Crippen LogP contribution is 2.22. The highest BCUT2D eigenvalue weighted by Gasteiger charge is 2.19. The van der Waals surface area contributed by atoms with E-state index in [9.17, 15) is 9.59 Å². The monoisotopic (exact) mass is 311 g/mol. The molecule has 0 saturated heterocycles. The number of methoxy groups -OCH3 is 1. The molecule has 4 heteroatoms. The van der Waals surface area contributed by atoms with Gasteiger partial charge in [0.25, 0.3) is 5.91 Å². The molecule has 120 valence electrons. The standard InChI is InChI=1S/C19H21NO3/c1-13(2)17(14-7-5-4-6-8-14)20-18(21)15-9-11-16(12-10-15)19(22)23-3/h4-13,17H,1-3H3,(H,20,21). The molecule has 0 saturated carbocycles. The van der Waals surface area contributed by atoms with E-state index in [0.29, 0.717) is 11.1 Å². The Bertz CT molecular complexity index is 663. The van der Waals surface area contributed by atoms with Crippen LogP contribution >= 0.6 is 0 Å². The van der Waals surface area contributed by atoms with E-state index in [2.05, 4.69) is 23.9 Å². The Labute approximate surface area is 136 Å². The van der Waals surface area contributed by atoms with Gasteiger partial charge in [-0.1, -0.05) is 44.2 Å². The molecule has 4 nitrogen and oxygen atoms in total. The van der Waals surface area contributed by atoms with Gasteiger partial charge in [-0.3, -0.25) is 4.79 Å². The van der Waals surface area contributed by atoms with Gasteiger partial charge in [-0.2, -0.15) is 0 Å². The van der Waals surface area contributed by atoms with Crippen molar-refractivity contribution in [2.24, 2.45) is 5.92 Å². The number of ether oxygens (including phenoxy) is 1. The van der Waals surface area contributed by atoms with Gasteiger partial charge in [-0.05, 0) is 35.7 Å². The zero-order valence-electron chi connectivity index (χ0n) is 13.6. The van der Waals surface area contributed by atoms with Crippen LogP contribution in [0.3, 0.4) is 0 Å². The largest absolute Gasteiger partial charge is 0.465 e. The van der Waals surface area contributed by atoms with Gasteiger partial charge in [0.1, 0.15) is 0 Å². The van der Waals surface area contributed by atoms with E-state index in [1.807, 2.05) is 30.3 Å². The second-order valence-electron chi connectivity index (χ2n) is 5.67. The zero-order valence-corrected chi connectivity index (χ0v) is 13.6. The molecule has 2 aromatic carbocycles. The summed E-state index contributed by atoms with van der Waals surface area (Å²) in [5.74, 6) is -0.319. The lowest BCUT2D eigenvalue weighted by Gasteiger charge is -2.23. The summed E-state index contributed by atoms with van der Waals surface area (Å²) >= 11 is 0. The molecule has 0 aliphatic carbocycles. The van der Waals surface area contributed by atoms with Crippen LogP contribution in [0.25, 0.3) is 0 Å². The smallest absolute Gasteiger partial charge is 0.337 e. The lowest BCUT2D eigenvalue weighted by atomic mass is 9.95. The van der Waals surface area contributed by atoms with Gasteiger partial charge in [0, 0.05) is 5.56 Å². The molecule has 0 aliphatic heterocycles. The maximum atomic E-state index is 12.5. The fraction of sp³-hybridized carbons (Fsp3) is 0.263. The zero-order chi connectivity index (χ0) is 16.8. The van der Waals surface area contributed by atoms with E-state index in [1.165, 1.54) is 7.11 Å². The van der Waals surface area contributed by atoms with Crippen LogP contribution < -0.4 is 5.32 Å². The molecule has 0 aliphatic rings. The number of esters is 1. The molecule has 0 bridgehead atoms. The Kier molecular flexibility index (Phi) is 5.52. The molecule has 2 rings (SSSR count). The lowest BCUT2D eigenvalue weighted by molar-refractivity contribution is 0.0600. The van der Waals surface area contributed by atoms with Gasteiger partial charge in [0.15, 0.2) is 0 Å². The maximum absolute atomic E-state index is 12.5. The van der Waals surface area contributed by atoms with Gasteiger partial charge in [-0.25, -0.2) is 4.79 Å². The quantitative estimate of drug-likeness (QED) is 0.858. The Balaban J connectivity index is 2.14. The van der Waals surface area contributed by atoms with Crippen molar-refractivity contribution in [2.45, 2.75) is 19.9 Å². The molecule has 0 fully saturated rings. The van der Waals surface area contributed by atoms with Gasteiger partial charge >= 0.3 is 5.97 Å². The first kappa shape index (κ1) is 16.7. The predicted molar refractivity (Wildman–Crippen MR) is 89.3 cm³/mol. The van der Waals surface area contributed by atoms with E-state index in [-0.39, 0.29) is 17.9 Å². The van der Waals surface area contributed by atoms with Crippen molar-refractivity contribution in [1.82, 2.24) is 5.32 Å². The third kappa shape index (κ3) is 4.19. The molecule has 0 radical (unpaired) electrons. The van der Waals surface area contributed by atoms with E-state index in [1.54, 1.807) is 24.3 Å². The average Bonchev–Trinajstić information content (AvgIpc) is 2.59. The normalized spacial score (nSPS) is 11.8. The lowest BCUT2D eigenvalue weighted by Crippen LogP contribution is -2.31. The van der Waals surface area contributed by atoms with Gasteiger partial charge in [0.05, 0.1) is 18.7 Å². The third-order valence-electron chi connectivity index (χ3n) is 3.68. The summed E-state index contributed by atoms with van der Waals surface area (Å²) in [5.41, 5.74) is 2.01. The summed E-state index contributed by atoms with van der Waals surface area (Å²) in [7, 11) is 1.33. The molecule has 1 atom stereocenters. The third-order valence-corrected chi connectivity index (χ3v) is 3.68. The van der Waals surface area contributed by atoms with Crippen LogP contribution in [-0.2, 0) is 4.74 Å². The van der Waals surface area contributed by atoms with Crippen LogP contribution in [-0.4, -0.2) is 19.0 Å². The average molecular weight is 311 g/mol. The molecule has 1 amide bonds. The van der Waals surface area contributed by atoms with E-state index in [0.717, 1.165) is 5.56 Å². The van der Waals surface area contributed by atoms with Gasteiger partial charge in [0.2, 0.25) is 0 Å². The van der Waals surface area contributed by atoms with Crippen molar-refractivity contribution >= 4 is 11.9 Å². The Morgan fingerprint density at radius 2 is 1.48 bits per heavy atom. The number of carbonyl (C=O) groups excluding carboxylic acids is 2. The van der Waals surface area contributed by atoms with Crippen molar-refractivity contribution in [2.75, 3.05) is 7.11 Å². The topological polar surface area (TPSA) is 55.4 Å². The van der Waals surface area contributed by atoms with Crippen molar-refractivity contribution in [3.8, 4) is 0 Å². The SMILES string of the molecule is COC(=O)c1ccc(C(=O)NC(c2ccccc2)C(C)C)cc1. The highest BCUT2D eigenvalue weighted by atomic mass is 16.5. The van der Waals surface area contributed by atoms with Crippen LogP contribution in [0.4, 0.5) is 0 Å². The first-order valence-electron chi connectivity index (χ1n) is 7.57. The van der Waals surface area contributed by atoms with Gasteiger partial charge in [-0.15, -0.1) is 0 Å². The summed E-state index contributed by atoms with van der Waals surface area (Å²) in [4.78, 5) is 23.9. The fourth-order valence-electron chi connectivity index (χ4n) is 2.40. The number of rotatable bonds is 5. The molecule has 1 unspecified atom stereocenters. The van der Waals surface area contributed by atoms with E-state index < -0.39 is 5.97 Å². The Morgan fingerprint density at radius 1 is 0.913 bits per heavy atom. The van der Waals surface area contributed by atoms with Crippen molar-refractivity contribution in [1.29, 1.82) is 0 Å². The number of benzene rings is 2. The second-order valence-corrected chi connectivity index (χ2v) is 5.67. The number of carbonyl (C=O) groups is 2. The minimum Gasteiger partial charge on any atom is -0.465 e. The highest BCUT2D eigenvalue weighted by molar-refractivity contribution is 5.96. The predicted octanol–water partition coefficient (Wildman–Crippen LogP) is 3.60. The maximum Gasteiger partial charge on any atom is 0.337 e. The molecule has 0 aromatic heterocycles. The molecule has 2 aromatic rings. The molecule has 0 heterocycles. The first-order valence-corrected chi connectivity index (χ1v) is 7.57. The van der Waals surface area contributed by atoms with Crippen LogP contribution in [0.15, 0.2) is 54.6 Å². The minimum atomic E-state index is -0.415. The van der Waals surface area contributed by atoms with Crippen LogP contribution in [0.5, 0.6) is 0 Å². The van der Waals surface area contributed by atoms with E-state index >= 15 is 0 Å². The molecular formula is C19H21NO3. The van der Waals surface area contributed by atoms with Crippen molar-refractivity contribution in [3.05, 3.63) is 71.3 Å². The molecule has 23 heavy (non-hydrogen) atoms.